The zero-order valence-electron chi connectivity index (χ0n) is 11.8. The van der Waals surface area contributed by atoms with Gasteiger partial charge >= 0.3 is 5.97 Å². The molecule has 1 aromatic heterocycles. The average molecular weight is 287 g/mol. The molecule has 0 saturated carbocycles. The van der Waals surface area contributed by atoms with Gasteiger partial charge in [-0.3, -0.25) is 4.79 Å². The predicted octanol–water partition coefficient (Wildman–Crippen LogP) is 1.79. The summed E-state index contributed by atoms with van der Waals surface area (Å²) in [6.45, 7) is 9.35. The second-order valence-corrected chi connectivity index (χ2v) is 5.98. The van der Waals surface area contributed by atoms with Gasteiger partial charge in [0.25, 0.3) is 0 Å². The van der Waals surface area contributed by atoms with Crippen LogP contribution in [0.15, 0.2) is 5.16 Å². The molecule has 1 aromatic rings. The average Bonchev–Trinajstić information content (AvgIpc) is 2.69. The smallest absolute Gasteiger partial charge is 0.313 e. The van der Waals surface area contributed by atoms with E-state index in [2.05, 4.69) is 10.2 Å². The fourth-order valence-electron chi connectivity index (χ4n) is 1.66. The van der Waals surface area contributed by atoms with Crippen molar-refractivity contribution in [2.45, 2.75) is 44.8 Å². The molecule has 0 unspecified atom stereocenters. The van der Waals surface area contributed by atoms with Gasteiger partial charge in [-0.25, -0.2) is 0 Å². The minimum atomic E-state index is -0.857. The quantitative estimate of drug-likeness (QED) is 0.608. The molecule has 19 heavy (non-hydrogen) atoms. The molecule has 0 amide bonds. The number of aromatic nitrogens is 3. The van der Waals surface area contributed by atoms with Crippen LogP contribution in [0.25, 0.3) is 0 Å². The van der Waals surface area contributed by atoms with Crippen LogP contribution in [0.5, 0.6) is 0 Å². The van der Waals surface area contributed by atoms with Gasteiger partial charge in [0.05, 0.1) is 12.4 Å². The number of carboxylic acids is 1. The van der Waals surface area contributed by atoms with Crippen molar-refractivity contribution < 1.29 is 14.6 Å². The van der Waals surface area contributed by atoms with Gasteiger partial charge < -0.3 is 14.4 Å². The molecule has 0 aromatic carbocycles. The van der Waals surface area contributed by atoms with Gasteiger partial charge in [0.1, 0.15) is 5.82 Å². The predicted molar refractivity (Wildman–Crippen MR) is 73.6 cm³/mol. The van der Waals surface area contributed by atoms with Crippen LogP contribution < -0.4 is 0 Å². The normalized spacial score (nSPS) is 11.8. The van der Waals surface area contributed by atoms with Crippen molar-refractivity contribution in [2.24, 2.45) is 0 Å². The van der Waals surface area contributed by atoms with E-state index in [1.165, 1.54) is 11.8 Å². The maximum Gasteiger partial charge on any atom is 0.313 e. The summed E-state index contributed by atoms with van der Waals surface area (Å²) in [5.74, 6) is -0.0437. The summed E-state index contributed by atoms with van der Waals surface area (Å²) >= 11 is 1.19. The fraction of sp³-hybridized carbons (Fsp3) is 0.750. The monoisotopic (exact) mass is 287 g/mol. The summed E-state index contributed by atoms with van der Waals surface area (Å²) in [6, 6.07) is 0. The highest BCUT2D eigenvalue weighted by molar-refractivity contribution is 7.99. The van der Waals surface area contributed by atoms with Crippen molar-refractivity contribution in [2.75, 3.05) is 19.0 Å². The molecule has 7 heteroatoms. The number of carbonyl (C=O) groups is 1. The Morgan fingerprint density at radius 1 is 1.42 bits per heavy atom. The number of hydrogen-bond donors (Lipinski definition) is 1. The Kier molecular flexibility index (Phi) is 5.81. The third-order valence-corrected chi connectivity index (χ3v) is 3.28. The summed E-state index contributed by atoms with van der Waals surface area (Å²) in [6.07, 6.45) is 0.672. The Morgan fingerprint density at radius 2 is 2.11 bits per heavy atom. The van der Waals surface area contributed by atoms with Crippen molar-refractivity contribution in [3.05, 3.63) is 5.82 Å². The Balaban J connectivity index is 2.89. The van der Waals surface area contributed by atoms with Gasteiger partial charge in [-0.1, -0.05) is 11.8 Å². The highest BCUT2D eigenvalue weighted by atomic mass is 32.2. The Morgan fingerprint density at radius 3 is 2.63 bits per heavy atom. The van der Waals surface area contributed by atoms with Crippen molar-refractivity contribution in [3.63, 3.8) is 0 Å². The molecular weight excluding hydrogens is 266 g/mol. The lowest BCUT2D eigenvalue weighted by Crippen LogP contribution is -2.26. The molecule has 0 aliphatic carbocycles. The van der Waals surface area contributed by atoms with E-state index in [1.54, 1.807) is 0 Å². The molecule has 108 valence electrons. The standard InChI is InChI=1S/C12H21N3O3S/c1-5-18-7-6-9-13-14-11(19-8-10(16)17)15(9)12(2,3)4/h5-8H2,1-4H3,(H,16,17). The van der Waals surface area contributed by atoms with Gasteiger partial charge in [0.15, 0.2) is 5.16 Å². The highest BCUT2D eigenvalue weighted by Gasteiger charge is 2.23. The molecule has 0 saturated heterocycles. The molecule has 1 rings (SSSR count). The number of nitrogens with zero attached hydrogens (tertiary/aromatic N) is 3. The molecule has 0 aliphatic heterocycles. The fourth-order valence-corrected chi connectivity index (χ4v) is 2.52. The molecule has 0 bridgehead atoms. The van der Waals surface area contributed by atoms with Crippen LogP contribution in [0.2, 0.25) is 0 Å². The third-order valence-electron chi connectivity index (χ3n) is 2.37. The van der Waals surface area contributed by atoms with Crippen molar-refractivity contribution in [3.8, 4) is 0 Å². The van der Waals surface area contributed by atoms with Crippen molar-refractivity contribution >= 4 is 17.7 Å². The van der Waals surface area contributed by atoms with Gasteiger partial charge in [0.2, 0.25) is 0 Å². The summed E-state index contributed by atoms with van der Waals surface area (Å²) in [7, 11) is 0. The van der Waals surface area contributed by atoms with Crippen LogP contribution in [0, 0.1) is 0 Å². The zero-order chi connectivity index (χ0) is 14.5. The number of aliphatic carboxylic acids is 1. The SMILES string of the molecule is CCOCCc1nnc(SCC(=O)O)n1C(C)(C)C. The largest absolute Gasteiger partial charge is 0.481 e. The maximum absolute atomic E-state index is 10.7. The number of rotatable bonds is 7. The second-order valence-electron chi connectivity index (χ2n) is 5.03. The summed E-state index contributed by atoms with van der Waals surface area (Å²) < 4.78 is 7.32. The van der Waals surface area contributed by atoms with E-state index in [0.29, 0.717) is 24.8 Å². The minimum absolute atomic E-state index is 0.0142. The number of hydrogen-bond acceptors (Lipinski definition) is 5. The van der Waals surface area contributed by atoms with Gasteiger partial charge in [-0.2, -0.15) is 0 Å². The van der Waals surface area contributed by atoms with Gasteiger partial charge in [0, 0.05) is 18.6 Å². The lowest BCUT2D eigenvalue weighted by molar-refractivity contribution is -0.133. The molecule has 1 N–H and O–H groups in total. The summed E-state index contributed by atoms with van der Waals surface area (Å²) in [4.78, 5) is 10.7. The topological polar surface area (TPSA) is 77.2 Å². The Hall–Kier alpha value is -1.08. The van der Waals surface area contributed by atoms with Crippen LogP contribution in [0.1, 0.15) is 33.5 Å². The first-order valence-corrected chi connectivity index (χ1v) is 7.22. The van der Waals surface area contributed by atoms with Crippen molar-refractivity contribution in [1.29, 1.82) is 0 Å². The van der Waals surface area contributed by atoms with E-state index < -0.39 is 5.97 Å². The molecule has 0 fully saturated rings. The Labute approximate surface area is 117 Å². The number of carboxylic acid groups (broad SMARTS) is 1. The highest BCUT2D eigenvalue weighted by Crippen LogP contribution is 2.25. The first-order valence-electron chi connectivity index (χ1n) is 6.23. The van der Waals surface area contributed by atoms with E-state index in [4.69, 9.17) is 9.84 Å². The maximum atomic E-state index is 10.7. The molecular formula is C12H21N3O3S. The van der Waals surface area contributed by atoms with Crippen LogP contribution in [-0.2, 0) is 21.5 Å². The van der Waals surface area contributed by atoms with E-state index in [-0.39, 0.29) is 11.3 Å². The van der Waals surface area contributed by atoms with Crippen LogP contribution in [0.4, 0.5) is 0 Å². The van der Waals surface area contributed by atoms with E-state index in [9.17, 15) is 4.79 Å². The molecule has 1 heterocycles. The number of ether oxygens (including phenoxy) is 1. The lowest BCUT2D eigenvalue weighted by atomic mass is 10.1. The van der Waals surface area contributed by atoms with E-state index in [0.717, 1.165) is 5.82 Å². The van der Waals surface area contributed by atoms with E-state index in [1.807, 2.05) is 32.3 Å². The van der Waals surface area contributed by atoms with Gasteiger partial charge in [-0.15, -0.1) is 10.2 Å². The first-order chi connectivity index (χ1) is 8.86. The van der Waals surface area contributed by atoms with E-state index >= 15 is 0 Å². The molecule has 0 radical (unpaired) electrons. The molecule has 0 aliphatic rings. The molecule has 0 atom stereocenters. The zero-order valence-corrected chi connectivity index (χ0v) is 12.7. The van der Waals surface area contributed by atoms with Crippen LogP contribution in [0.3, 0.4) is 0 Å². The third kappa shape index (κ3) is 4.83. The Bertz CT molecular complexity index is 426. The van der Waals surface area contributed by atoms with Crippen LogP contribution in [-0.4, -0.2) is 44.8 Å². The summed E-state index contributed by atoms with van der Waals surface area (Å²) in [5, 5.41) is 17.6. The first kappa shape index (κ1) is 16.0. The molecule has 6 nitrogen and oxygen atoms in total. The minimum Gasteiger partial charge on any atom is -0.481 e. The van der Waals surface area contributed by atoms with Crippen molar-refractivity contribution in [1.82, 2.24) is 14.8 Å². The lowest BCUT2D eigenvalue weighted by Gasteiger charge is -2.24. The van der Waals surface area contributed by atoms with Gasteiger partial charge in [-0.05, 0) is 27.7 Å². The molecule has 0 spiro atoms. The summed E-state index contributed by atoms with van der Waals surface area (Å²) in [5.41, 5.74) is -0.189. The number of thioether (sulfide) groups is 1. The van der Waals surface area contributed by atoms with Crippen LogP contribution >= 0.6 is 11.8 Å². The second kappa shape index (κ2) is 6.91.